The van der Waals surface area contributed by atoms with Crippen molar-refractivity contribution in [3.8, 4) is 0 Å². The van der Waals surface area contributed by atoms with Gasteiger partial charge in [-0.15, -0.1) is 0 Å². The number of fused-ring (bicyclic) bond motifs is 1. The van der Waals surface area contributed by atoms with Crippen molar-refractivity contribution < 1.29 is 8.42 Å². The van der Waals surface area contributed by atoms with Gasteiger partial charge < -0.3 is 0 Å². The topological polar surface area (TPSA) is 46.2 Å². The highest BCUT2D eigenvalue weighted by atomic mass is 32.2. The maximum Gasteiger partial charge on any atom is 0.241 e. The van der Waals surface area contributed by atoms with Crippen molar-refractivity contribution in [3.05, 3.63) is 42.0 Å². The number of sulfonamides is 1. The molecule has 0 spiro atoms. The highest BCUT2D eigenvalue weighted by Gasteiger charge is 2.18. The van der Waals surface area contributed by atoms with Crippen LogP contribution in [0.2, 0.25) is 0 Å². The Morgan fingerprint density at radius 3 is 2.26 bits per heavy atom. The van der Waals surface area contributed by atoms with Crippen molar-refractivity contribution in [2.75, 3.05) is 6.54 Å². The highest BCUT2D eigenvalue weighted by Crippen LogP contribution is 2.30. The standard InChI is InChI=1S/C15H19NO2S/c1-4-16-19(17,18)15-10-9-12(11(2)3)13-7-5-6-8-14(13)15/h5-11,16H,4H2,1-3H3. The van der Waals surface area contributed by atoms with Crippen LogP contribution in [-0.4, -0.2) is 15.0 Å². The van der Waals surface area contributed by atoms with Crippen LogP contribution in [-0.2, 0) is 10.0 Å². The second-order valence-electron chi connectivity index (χ2n) is 4.85. The fraction of sp³-hybridized carbons (Fsp3) is 0.333. The first-order chi connectivity index (χ1) is 8.97. The maximum atomic E-state index is 12.2. The van der Waals surface area contributed by atoms with E-state index >= 15 is 0 Å². The van der Waals surface area contributed by atoms with Crippen LogP contribution >= 0.6 is 0 Å². The minimum absolute atomic E-state index is 0.356. The van der Waals surface area contributed by atoms with Crippen molar-refractivity contribution in [2.45, 2.75) is 31.6 Å². The van der Waals surface area contributed by atoms with Crippen LogP contribution < -0.4 is 4.72 Å². The molecule has 19 heavy (non-hydrogen) atoms. The summed E-state index contributed by atoms with van der Waals surface area (Å²) in [5.74, 6) is 0.362. The van der Waals surface area contributed by atoms with E-state index in [0.717, 1.165) is 10.8 Å². The van der Waals surface area contributed by atoms with E-state index in [9.17, 15) is 8.42 Å². The summed E-state index contributed by atoms with van der Waals surface area (Å²) in [6.45, 7) is 6.39. The SMILES string of the molecule is CCNS(=O)(=O)c1ccc(C(C)C)c2ccccc12. The zero-order chi connectivity index (χ0) is 14.0. The predicted molar refractivity (Wildman–Crippen MR) is 78.9 cm³/mol. The number of benzene rings is 2. The minimum atomic E-state index is -3.43. The molecular weight excluding hydrogens is 258 g/mol. The summed E-state index contributed by atoms with van der Waals surface area (Å²) in [7, 11) is -3.43. The monoisotopic (exact) mass is 277 g/mol. The first-order valence-corrected chi connectivity index (χ1v) is 7.97. The molecule has 2 aromatic carbocycles. The molecule has 4 heteroatoms. The Hall–Kier alpha value is -1.39. The fourth-order valence-corrected chi connectivity index (χ4v) is 3.55. The Morgan fingerprint density at radius 2 is 1.68 bits per heavy atom. The summed E-state index contributed by atoms with van der Waals surface area (Å²) in [4.78, 5) is 0.356. The van der Waals surface area contributed by atoms with Gasteiger partial charge in [0.05, 0.1) is 4.90 Å². The molecule has 0 radical (unpaired) electrons. The third-order valence-corrected chi connectivity index (χ3v) is 4.77. The van der Waals surface area contributed by atoms with Gasteiger partial charge in [-0.05, 0) is 22.9 Å². The lowest BCUT2D eigenvalue weighted by atomic mass is 9.96. The van der Waals surface area contributed by atoms with Crippen LogP contribution in [0, 0.1) is 0 Å². The van der Waals surface area contributed by atoms with Gasteiger partial charge in [-0.2, -0.15) is 0 Å². The third kappa shape index (κ3) is 2.65. The van der Waals surface area contributed by atoms with Crippen LogP contribution in [0.5, 0.6) is 0 Å². The van der Waals surface area contributed by atoms with E-state index in [1.54, 1.807) is 13.0 Å². The Bertz CT molecular complexity index is 690. The van der Waals surface area contributed by atoms with Crippen molar-refractivity contribution in [1.82, 2.24) is 4.72 Å². The summed E-state index contributed by atoms with van der Waals surface area (Å²) >= 11 is 0. The quantitative estimate of drug-likeness (QED) is 0.932. The molecule has 0 fully saturated rings. The van der Waals surface area contributed by atoms with E-state index in [4.69, 9.17) is 0 Å². The average Bonchev–Trinajstić information content (AvgIpc) is 2.37. The first-order valence-electron chi connectivity index (χ1n) is 6.48. The average molecular weight is 277 g/mol. The lowest BCUT2D eigenvalue weighted by Crippen LogP contribution is -2.23. The van der Waals surface area contributed by atoms with Gasteiger partial charge in [0, 0.05) is 11.9 Å². The zero-order valence-electron chi connectivity index (χ0n) is 11.5. The van der Waals surface area contributed by atoms with E-state index in [2.05, 4.69) is 18.6 Å². The molecule has 0 unspecified atom stereocenters. The summed E-state index contributed by atoms with van der Waals surface area (Å²) in [6.07, 6.45) is 0. The van der Waals surface area contributed by atoms with E-state index in [-0.39, 0.29) is 0 Å². The van der Waals surface area contributed by atoms with Gasteiger partial charge in [-0.1, -0.05) is 51.1 Å². The number of nitrogens with one attached hydrogen (secondary N) is 1. The van der Waals surface area contributed by atoms with Gasteiger partial charge in [0.2, 0.25) is 10.0 Å². The van der Waals surface area contributed by atoms with E-state index in [1.165, 1.54) is 5.56 Å². The molecule has 2 rings (SSSR count). The molecule has 3 nitrogen and oxygen atoms in total. The molecule has 0 atom stereocenters. The van der Waals surface area contributed by atoms with Gasteiger partial charge in [0.25, 0.3) is 0 Å². The molecule has 0 amide bonds. The van der Waals surface area contributed by atoms with Crippen LogP contribution in [0.3, 0.4) is 0 Å². The smallest absolute Gasteiger partial charge is 0.211 e. The third-order valence-electron chi connectivity index (χ3n) is 3.16. The minimum Gasteiger partial charge on any atom is -0.211 e. The van der Waals surface area contributed by atoms with E-state index in [0.29, 0.717) is 17.4 Å². The molecule has 102 valence electrons. The Kier molecular flexibility index (Phi) is 3.92. The molecule has 0 aliphatic rings. The molecule has 0 aliphatic heterocycles. The number of hydrogen-bond acceptors (Lipinski definition) is 2. The summed E-state index contributed by atoms with van der Waals surface area (Å²) < 4.78 is 27.0. The fourth-order valence-electron chi connectivity index (χ4n) is 2.30. The Balaban J connectivity index is 2.76. The van der Waals surface area contributed by atoms with Gasteiger partial charge >= 0.3 is 0 Å². The van der Waals surface area contributed by atoms with Crippen LogP contribution in [0.1, 0.15) is 32.3 Å². The van der Waals surface area contributed by atoms with Crippen molar-refractivity contribution in [2.24, 2.45) is 0 Å². The Labute approximate surface area is 114 Å². The van der Waals surface area contributed by atoms with Crippen LogP contribution in [0.25, 0.3) is 10.8 Å². The zero-order valence-corrected chi connectivity index (χ0v) is 12.3. The van der Waals surface area contributed by atoms with Gasteiger partial charge in [-0.25, -0.2) is 13.1 Å². The molecule has 1 N–H and O–H groups in total. The lowest BCUT2D eigenvalue weighted by Gasteiger charge is -2.14. The first kappa shape index (κ1) is 14.0. The van der Waals surface area contributed by atoms with Gasteiger partial charge in [-0.3, -0.25) is 0 Å². The van der Waals surface area contributed by atoms with E-state index in [1.807, 2.05) is 30.3 Å². The number of rotatable bonds is 4. The van der Waals surface area contributed by atoms with Crippen LogP contribution in [0.4, 0.5) is 0 Å². The Morgan fingerprint density at radius 1 is 1.05 bits per heavy atom. The van der Waals surface area contributed by atoms with Crippen molar-refractivity contribution in [3.63, 3.8) is 0 Å². The number of hydrogen-bond donors (Lipinski definition) is 1. The largest absolute Gasteiger partial charge is 0.241 e. The molecule has 0 saturated carbocycles. The van der Waals surface area contributed by atoms with Crippen molar-refractivity contribution >= 4 is 20.8 Å². The molecule has 0 aliphatic carbocycles. The molecular formula is C15H19NO2S. The summed E-state index contributed by atoms with van der Waals surface area (Å²) in [5.41, 5.74) is 1.17. The molecule has 0 aromatic heterocycles. The van der Waals surface area contributed by atoms with Crippen LogP contribution in [0.15, 0.2) is 41.3 Å². The molecule has 2 aromatic rings. The molecule has 0 saturated heterocycles. The molecule has 0 heterocycles. The second kappa shape index (κ2) is 5.31. The van der Waals surface area contributed by atoms with E-state index < -0.39 is 10.0 Å². The highest BCUT2D eigenvalue weighted by molar-refractivity contribution is 7.89. The maximum absolute atomic E-state index is 12.2. The van der Waals surface area contributed by atoms with Gasteiger partial charge in [0.1, 0.15) is 0 Å². The van der Waals surface area contributed by atoms with Crippen molar-refractivity contribution in [1.29, 1.82) is 0 Å². The predicted octanol–water partition coefficient (Wildman–Crippen LogP) is 3.26. The summed E-state index contributed by atoms with van der Waals surface area (Å²) in [5, 5.41) is 1.80. The molecule has 0 bridgehead atoms. The van der Waals surface area contributed by atoms with Gasteiger partial charge in [0.15, 0.2) is 0 Å². The lowest BCUT2D eigenvalue weighted by molar-refractivity contribution is 0.585. The normalized spacial score (nSPS) is 12.2. The summed E-state index contributed by atoms with van der Waals surface area (Å²) in [6, 6.07) is 11.3. The second-order valence-corrected chi connectivity index (χ2v) is 6.59.